The summed E-state index contributed by atoms with van der Waals surface area (Å²) in [6.07, 6.45) is 9.61. The third kappa shape index (κ3) is 3.71. The highest BCUT2D eigenvalue weighted by molar-refractivity contribution is 7.26. The van der Waals surface area contributed by atoms with Crippen LogP contribution < -0.4 is 0 Å². The number of benzene rings is 5. The van der Waals surface area contributed by atoms with Crippen LogP contribution in [0.5, 0.6) is 0 Å². The lowest BCUT2D eigenvalue weighted by Crippen LogP contribution is -2.08. The van der Waals surface area contributed by atoms with Crippen LogP contribution in [-0.2, 0) is 0 Å². The van der Waals surface area contributed by atoms with Crippen LogP contribution in [0.25, 0.3) is 81.1 Å². The van der Waals surface area contributed by atoms with Gasteiger partial charge in [-0.15, -0.1) is 11.3 Å². The molecule has 0 amide bonds. The van der Waals surface area contributed by atoms with E-state index < -0.39 is 0 Å². The minimum absolute atomic E-state index is 0.177. The topological polar surface area (TPSA) is 43.9 Å². The smallest absolute Gasteiger partial charge is 0.235 e. The van der Waals surface area contributed by atoms with Gasteiger partial charge < -0.3 is 4.42 Å². The first-order valence-electron chi connectivity index (χ1n) is 15.3. The molecule has 0 spiro atoms. The van der Waals surface area contributed by atoms with E-state index in [-0.39, 0.29) is 5.92 Å². The lowest BCUT2D eigenvalue weighted by atomic mass is 9.96. The molecule has 1 unspecified atom stereocenters. The summed E-state index contributed by atoms with van der Waals surface area (Å²) in [5.41, 5.74) is 6.96. The quantitative estimate of drug-likeness (QED) is 0.204. The average Bonchev–Trinajstić information content (AvgIpc) is 3.77. The molecule has 212 valence electrons. The van der Waals surface area contributed by atoms with Crippen molar-refractivity contribution in [3.05, 3.63) is 139 Å². The van der Waals surface area contributed by atoms with Crippen LogP contribution in [-0.4, -0.2) is 14.5 Å². The first-order valence-corrected chi connectivity index (χ1v) is 16.1. The predicted molar refractivity (Wildman–Crippen MR) is 188 cm³/mol. The van der Waals surface area contributed by atoms with Crippen molar-refractivity contribution in [1.29, 1.82) is 0 Å². The normalized spacial score (nSPS) is 15.1. The first kappa shape index (κ1) is 24.9. The molecule has 0 saturated carbocycles. The molecule has 9 aromatic rings. The van der Waals surface area contributed by atoms with E-state index in [1.165, 1.54) is 30.9 Å². The Labute approximate surface area is 262 Å². The second-order valence-corrected chi connectivity index (χ2v) is 12.8. The predicted octanol–water partition coefficient (Wildman–Crippen LogP) is 11.1. The van der Waals surface area contributed by atoms with Gasteiger partial charge in [-0.25, -0.2) is 9.97 Å². The van der Waals surface area contributed by atoms with Crippen molar-refractivity contribution in [2.75, 3.05) is 0 Å². The van der Waals surface area contributed by atoms with Gasteiger partial charge >= 0.3 is 0 Å². The first-order chi connectivity index (χ1) is 22.3. The lowest BCUT2D eigenvalue weighted by molar-refractivity contribution is 0.669. The van der Waals surface area contributed by atoms with Crippen molar-refractivity contribution in [3.63, 3.8) is 0 Å². The highest BCUT2D eigenvalue weighted by Gasteiger charge is 2.21. The zero-order valence-corrected chi connectivity index (χ0v) is 25.0. The van der Waals surface area contributed by atoms with Crippen LogP contribution in [0.4, 0.5) is 0 Å². The Balaban J connectivity index is 1.26. The Kier molecular flexibility index (Phi) is 5.24. The number of hydrogen-bond donors (Lipinski definition) is 0. The molecule has 4 heterocycles. The standard InChI is InChI=1S/C40H25N3OS/c1-2-10-24(11-3-1)31-23-32(25-18-21-36-30(22-25)26-12-5-8-16-35(26)44-36)42-40(41-31)43-33-15-7-4-14-29(33)38-34(43)20-19-28-27-13-6-9-17-37(27)45-39(28)38/h1-10,12-24H,11H2. The molecular formula is C40H25N3OS. The lowest BCUT2D eigenvalue weighted by Gasteiger charge is -2.16. The van der Waals surface area contributed by atoms with Gasteiger partial charge in [-0.1, -0.05) is 85.0 Å². The monoisotopic (exact) mass is 595 g/mol. The van der Waals surface area contributed by atoms with Crippen LogP contribution in [0.15, 0.2) is 138 Å². The van der Waals surface area contributed by atoms with Crippen LogP contribution in [0.2, 0.25) is 0 Å². The van der Waals surface area contributed by atoms with Gasteiger partial charge in [0.2, 0.25) is 5.95 Å². The SMILES string of the molecule is C1=CCC(c2cc(-c3ccc4oc5ccccc5c4c3)nc(-n3c4ccccc4c4c5sc6ccccc6c5ccc43)n2)C=C1. The number of para-hydroxylation sites is 2. The maximum absolute atomic E-state index is 6.15. The maximum Gasteiger partial charge on any atom is 0.235 e. The molecule has 0 bridgehead atoms. The third-order valence-electron chi connectivity index (χ3n) is 9.15. The van der Waals surface area contributed by atoms with Crippen LogP contribution in [0, 0.1) is 0 Å². The average molecular weight is 596 g/mol. The molecule has 0 saturated heterocycles. The van der Waals surface area contributed by atoms with Gasteiger partial charge in [-0.05, 0) is 55.0 Å². The van der Waals surface area contributed by atoms with Gasteiger partial charge in [0.05, 0.1) is 22.4 Å². The highest BCUT2D eigenvalue weighted by atomic mass is 32.1. The Morgan fingerprint density at radius 2 is 1.49 bits per heavy atom. The summed E-state index contributed by atoms with van der Waals surface area (Å²) in [6, 6.07) is 38.6. The van der Waals surface area contributed by atoms with Crippen molar-refractivity contribution < 1.29 is 4.42 Å². The van der Waals surface area contributed by atoms with Gasteiger partial charge in [0.25, 0.3) is 0 Å². The van der Waals surface area contributed by atoms with Crippen molar-refractivity contribution in [1.82, 2.24) is 14.5 Å². The van der Waals surface area contributed by atoms with E-state index in [9.17, 15) is 0 Å². The fraction of sp³-hybridized carbons (Fsp3) is 0.0500. The zero-order chi connectivity index (χ0) is 29.5. The third-order valence-corrected chi connectivity index (χ3v) is 10.4. The minimum Gasteiger partial charge on any atom is -0.456 e. The molecule has 1 atom stereocenters. The van der Waals surface area contributed by atoms with Crippen LogP contribution >= 0.6 is 11.3 Å². The Bertz CT molecular complexity index is 2700. The molecule has 45 heavy (non-hydrogen) atoms. The maximum atomic E-state index is 6.15. The summed E-state index contributed by atoms with van der Waals surface area (Å²) < 4.78 is 11.0. The Morgan fingerprint density at radius 1 is 0.667 bits per heavy atom. The van der Waals surface area contributed by atoms with Gasteiger partial charge in [0.15, 0.2) is 0 Å². The largest absolute Gasteiger partial charge is 0.456 e. The molecule has 5 aromatic carbocycles. The fourth-order valence-corrected chi connectivity index (χ4v) is 8.29. The van der Waals surface area contributed by atoms with Crippen LogP contribution in [0.3, 0.4) is 0 Å². The molecule has 0 fully saturated rings. The highest BCUT2D eigenvalue weighted by Crippen LogP contribution is 2.43. The van der Waals surface area contributed by atoms with Gasteiger partial charge in [0.1, 0.15) is 11.2 Å². The molecule has 0 radical (unpaired) electrons. The minimum atomic E-state index is 0.177. The molecule has 4 aromatic heterocycles. The molecule has 0 aliphatic heterocycles. The van der Waals surface area contributed by atoms with Crippen molar-refractivity contribution in [2.24, 2.45) is 0 Å². The molecule has 5 heteroatoms. The van der Waals surface area contributed by atoms with Gasteiger partial charge in [0, 0.05) is 53.2 Å². The number of hydrogen-bond acceptors (Lipinski definition) is 4. The van der Waals surface area contributed by atoms with Crippen LogP contribution in [0.1, 0.15) is 18.0 Å². The van der Waals surface area contributed by atoms with E-state index in [1.807, 2.05) is 23.5 Å². The number of nitrogens with zero attached hydrogens (tertiary/aromatic N) is 3. The molecule has 1 aliphatic carbocycles. The number of aromatic nitrogens is 3. The summed E-state index contributed by atoms with van der Waals surface area (Å²) in [6.45, 7) is 0. The van der Waals surface area contributed by atoms with Gasteiger partial charge in [-0.3, -0.25) is 4.57 Å². The molecule has 4 nitrogen and oxygen atoms in total. The van der Waals surface area contributed by atoms with Gasteiger partial charge in [-0.2, -0.15) is 0 Å². The molecular weight excluding hydrogens is 571 g/mol. The number of allylic oxidation sites excluding steroid dienone is 4. The second-order valence-electron chi connectivity index (χ2n) is 11.7. The molecule has 10 rings (SSSR count). The van der Waals surface area contributed by atoms with E-state index in [2.05, 4.69) is 126 Å². The van der Waals surface area contributed by atoms with E-state index in [0.29, 0.717) is 5.95 Å². The van der Waals surface area contributed by atoms with Crippen molar-refractivity contribution in [3.8, 4) is 17.2 Å². The Hall–Kier alpha value is -5.52. The number of fused-ring (bicyclic) bond motifs is 10. The summed E-state index contributed by atoms with van der Waals surface area (Å²) in [5.74, 6) is 0.866. The zero-order valence-electron chi connectivity index (χ0n) is 24.1. The van der Waals surface area contributed by atoms with E-state index in [4.69, 9.17) is 14.4 Å². The summed E-state index contributed by atoms with van der Waals surface area (Å²) in [7, 11) is 0. The van der Waals surface area contributed by atoms with E-state index in [1.54, 1.807) is 0 Å². The second kappa shape index (κ2) is 9.49. The molecule has 1 aliphatic rings. The van der Waals surface area contributed by atoms with Crippen molar-refractivity contribution >= 4 is 75.3 Å². The summed E-state index contributed by atoms with van der Waals surface area (Å²) in [4.78, 5) is 10.6. The number of furan rings is 1. The summed E-state index contributed by atoms with van der Waals surface area (Å²) >= 11 is 1.86. The number of rotatable bonds is 3. The van der Waals surface area contributed by atoms with E-state index in [0.717, 1.165) is 56.3 Å². The number of thiophene rings is 1. The van der Waals surface area contributed by atoms with Crippen molar-refractivity contribution in [2.45, 2.75) is 12.3 Å². The molecule has 0 N–H and O–H groups in total. The Morgan fingerprint density at radius 3 is 2.40 bits per heavy atom. The fourth-order valence-electron chi connectivity index (χ4n) is 7.03. The summed E-state index contributed by atoms with van der Waals surface area (Å²) in [5, 5.41) is 7.27. The van der Waals surface area contributed by atoms with E-state index >= 15 is 0 Å².